The maximum absolute atomic E-state index is 6.10. The van der Waals surface area contributed by atoms with E-state index in [1.165, 1.54) is 41.9 Å². The molecule has 0 saturated carbocycles. The predicted octanol–water partition coefficient (Wildman–Crippen LogP) is 14.7. The Bertz CT molecular complexity index is 2660. The van der Waals surface area contributed by atoms with Crippen LogP contribution < -0.4 is 0 Å². The minimum absolute atomic E-state index is 0.496. The normalized spacial score (nSPS) is 11.5. The minimum atomic E-state index is -1.04. The molecule has 0 aliphatic heterocycles. The zero-order valence-corrected chi connectivity index (χ0v) is 52.9. The fraction of sp³-hybridized carbons (Fsp3) is 0.529. The lowest BCUT2D eigenvalue weighted by Gasteiger charge is -2.15. The van der Waals surface area contributed by atoms with Gasteiger partial charge in [-0.2, -0.15) is 0 Å². The number of aryl methyl sites for hydroxylation is 5. The van der Waals surface area contributed by atoms with Crippen LogP contribution >= 0.6 is 45.8 Å². The number of hydrogen-bond donors (Lipinski definition) is 1. The topological polar surface area (TPSA) is 161 Å². The lowest BCUT2D eigenvalue weighted by molar-refractivity contribution is 0.0897. The fourth-order valence-electron chi connectivity index (χ4n) is 7.04. The summed E-state index contributed by atoms with van der Waals surface area (Å²) in [5.74, 6) is 0. The number of fused-ring (bicyclic) bond motifs is 4. The number of nitrogens with zero attached hydrogens (tertiary/aromatic N) is 11. The molecule has 0 bridgehead atoms. The molecule has 0 saturated heterocycles. The quantitative estimate of drug-likeness (QED) is 0.0450. The van der Waals surface area contributed by atoms with Crippen LogP contribution in [0.2, 0.25) is 87.4 Å². The summed E-state index contributed by atoms with van der Waals surface area (Å²) in [6.45, 7) is 43.4. The number of H-pyrrole nitrogens is 1. The molecule has 0 fully saturated rings. The van der Waals surface area contributed by atoms with Crippen LogP contribution in [0.5, 0.6) is 0 Å². The highest BCUT2D eigenvalue weighted by Crippen LogP contribution is 2.28. The summed E-state index contributed by atoms with van der Waals surface area (Å²) in [4.78, 5) is 36.5. The first-order valence-corrected chi connectivity index (χ1v) is 37.8. The lowest BCUT2D eigenvalue weighted by atomic mass is 10.2. The second kappa shape index (κ2) is 29.4. The molecule has 0 aliphatic carbocycles. The molecule has 15 nitrogen and oxygen atoms in total. The Morgan fingerprint density at radius 3 is 1.28 bits per heavy atom. The lowest BCUT2D eigenvalue weighted by Crippen LogP contribution is -2.22. The molecule has 0 unspecified atom stereocenters. The summed E-state index contributed by atoms with van der Waals surface area (Å²) in [6.07, 6.45) is 14.2. The molecule has 396 valence electrons. The number of rotatable bonds is 15. The highest BCUT2D eigenvalue weighted by Gasteiger charge is 2.17. The molecule has 0 spiro atoms. The van der Waals surface area contributed by atoms with Gasteiger partial charge in [0.1, 0.15) is 78.4 Å². The molecular weight excluding hydrogens is 1110 g/mol. The average Bonchev–Trinajstić information content (AvgIpc) is 4.06. The first-order valence-electron chi connectivity index (χ1n) is 24.8. The third-order valence-electron chi connectivity index (χ3n) is 10.9. The Hall–Kier alpha value is -3.68. The van der Waals surface area contributed by atoms with E-state index in [1.807, 2.05) is 76.2 Å². The monoisotopic (exact) mass is 1190 g/mol. The molecule has 8 aromatic rings. The third-order valence-corrected chi connectivity index (χ3v) is 17.4. The van der Waals surface area contributed by atoms with E-state index in [9.17, 15) is 0 Å². The number of aromatic amines is 1. The standard InChI is InChI=1S/C14H23N3OSi.C13H20ClN3OSi.C12H17ClIN3OSi.C8H9N3.2C2H6/c1-11-8-17(10-18-6-7-19(3,4)5)14-13(11)12(2)15-9-16-14;1-10-7-17(9-18-5-6-19(2,3)4)13-11(10)12(14)15-8-16-13;1-19(2,3)5-4-18-8-17-6-9(14)10-11(13)15-7-16-12(10)17;1-5-3-9-8-7(5)6(2)10-4-11-8;2*1-2/h8-9H,6-7,10H2,1-5H3;7-8H,5-6,9H2,1-4H3;6-7H,4-5,8H2,1-3H3;3-4H,1-2H3,(H,9,10,11);2*1-2H3. The summed E-state index contributed by atoms with van der Waals surface area (Å²) in [5, 5.41) is 5.11. The van der Waals surface area contributed by atoms with Gasteiger partial charge in [-0.1, -0.05) is 110 Å². The van der Waals surface area contributed by atoms with E-state index in [4.69, 9.17) is 37.4 Å². The van der Waals surface area contributed by atoms with Crippen molar-refractivity contribution in [2.75, 3.05) is 19.8 Å². The Balaban J connectivity index is 0.000000251. The van der Waals surface area contributed by atoms with Crippen molar-refractivity contribution >= 4 is 114 Å². The first kappa shape index (κ1) is 62.6. The Kier molecular flexibility index (Phi) is 25.6. The second-order valence-corrected chi connectivity index (χ2v) is 39.3. The van der Waals surface area contributed by atoms with E-state index >= 15 is 0 Å². The van der Waals surface area contributed by atoms with Gasteiger partial charge in [0.2, 0.25) is 0 Å². The number of halogens is 3. The fourth-order valence-corrected chi connectivity index (χ4v) is 10.8. The molecule has 8 heterocycles. The van der Waals surface area contributed by atoms with Crippen molar-refractivity contribution < 1.29 is 14.2 Å². The molecule has 21 heteroatoms. The maximum atomic E-state index is 6.10. The largest absolute Gasteiger partial charge is 0.361 e. The van der Waals surface area contributed by atoms with Crippen molar-refractivity contribution in [1.29, 1.82) is 0 Å². The van der Waals surface area contributed by atoms with Gasteiger partial charge in [0, 0.05) is 83.2 Å². The molecule has 8 aromatic heterocycles. The Labute approximate surface area is 455 Å². The molecule has 1 N–H and O–H groups in total. The van der Waals surface area contributed by atoms with Gasteiger partial charge in [0.05, 0.1) is 22.2 Å². The zero-order chi connectivity index (χ0) is 54.0. The molecule has 0 atom stereocenters. The van der Waals surface area contributed by atoms with E-state index in [0.29, 0.717) is 30.5 Å². The third kappa shape index (κ3) is 19.2. The van der Waals surface area contributed by atoms with E-state index in [1.54, 1.807) is 12.7 Å². The van der Waals surface area contributed by atoms with Crippen LogP contribution in [0.15, 0.2) is 50.1 Å². The summed E-state index contributed by atoms with van der Waals surface area (Å²) in [6, 6.07) is 3.53. The maximum Gasteiger partial charge on any atom is 0.147 e. The van der Waals surface area contributed by atoms with E-state index < -0.39 is 24.2 Å². The first-order chi connectivity index (χ1) is 33.9. The number of aromatic nitrogens is 12. The van der Waals surface area contributed by atoms with Crippen molar-refractivity contribution in [2.45, 2.75) is 160 Å². The van der Waals surface area contributed by atoms with Crippen molar-refractivity contribution in [3.8, 4) is 0 Å². The van der Waals surface area contributed by atoms with Crippen LogP contribution in [-0.4, -0.2) is 103 Å². The smallest absolute Gasteiger partial charge is 0.147 e. The predicted molar refractivity (Wildman–Crippen MR) is 318 cm³/mol. The van der Waals surface area contributed by atoms with Crippen LogP contribution in [0.25, 0.3) is 44.1 Å². The molecule has 8 rings (SSSR count). The van der Waals surface area contributed by atoms with E-state index in [-0.39, 0.29) is 0 Å². The van der Waals surface area contributed by atoms with E-state index in [0.717, 1.165) is 84.5 Å². The molecule has 0 aliphatic rings. The van der Waals surface area contributed by atoms with Crippen LogP contribution in [0.4, 0.5) is 0 Å². The van der Waals surface area contributed by atoms with Crippen LogP contribution in [0.1, 0.15) is 55.8 Å². The van der Waals surface area contributed by atoms with Crippen molar-refractivity contribution in [2.24, 2.45) is 0 Å². The van der Waals surface area contributed by atoms with E-state index in [2.05, 4.69) is 151 Å². The highest BCUT2D eigenvalue weighted by atomic mass is 127. The Morgan fingerprint density at radius 2 is 0.833 bits per heavy atom. The van der Waals surface area contributed by atoms with Gasteiger partial charge in [-0.3, -0.25) is 0 Å². The summed E-state index contributed by atoms with van der Waals surface area (Å²) >= 11 is 14.4. The summed E-state index contributed by atoms with van der Waals surface area (Å²) < 4.78 is 24.4. The highest BCUT2D eigenvalue weighted by molar-refractivity contribution is 14.1. The summed E-state index contributed by atoms with van der Waals surface area (Å²) in [5.41, 5.74) is 9.13. The zero-order valence-electron chi connectivity index (χ0n) is 46.3. The van der Waals surface area contributed by atoms with Crippen LogP contribution in [-0.2, 0) is 34.4 Å². The van der Waals surface area contributed by atoms with Crippen LogP contribution in [0.3, 0.4) is 0 Å². The molecule has 0 radical (unpaired) electrons. The van der Waals surface area contributed by atoms with Crippen molar-refractivity contribution in [3.63, 3.8) is 0 Å². The second-order valence-electron chi connectivity index (χ2n) is 20.6. The van der Waals surface area contributed by atoms with Gasteiger partial charge in [0.25, 0.3) is 0 Å². The van der Waals surface area contributed by atoms with Gasteiger partial charge >= 0.3 is 0 Å². The number of ether oxygens (including phenoxy) is 3. The summed E-state index contributed by atoms with van der Waals surface area (Å²) in [7, 11) is -3.08. The number of nitrogens with one attached hydrogen (secondary N) is 1. The SMILES string of the molecule is CC.CC.C[Si](C)(C)CCOCn1cc(I)c2c(Cl)ncnc21.Cc1c[nH]c2ncnc(C)c12.Cc1cn(COCC[Si](C)(C)C)c2ncnc(C)c12.Cc1cn(COCC[Si](C)(C)C)c2ncnc(Cl)c12. The van der Waals surface area contributed by atoms with Crippen molar-refractivity contribution in [1.82, 2.24) is 58.6 Å². The Morgan fingerprint density at radius 1 is 0.472 bits per heavy atom. The molecular formula is C51H81Cl2IN12O3Si3. The molecule has 0 aromatic carbocycles. The van der Waals surface area contributed by atoms with Gasteiger partial charge < -0.3 is 32.9 Å². The van der Waals surface area contributed by atoms with Gasteiger partial charge in [-0.25, -0.2) is 39.9 Å². The number of hydrogen-bond acceptors (Lipinski definition) is 11. The van der Waals surface area contributed by atoms with Crippen LogP contribution in [0, 0.1) is 38.2 Å². The van der Waals surface area contributed by atoms with Gasteiger partial charge in [0.15, 0.2) is 0 Å². The molecule has 0 amide bonds. The van der Waals surface area contributed by atoms with Crippen molar-refractivity contribution in [3.05, 3.63) is 92.1 Å². The minimum Gasteiger partial charge on any atom is -0.361 e. The average molecular weight is 1190 g/mol. The molecule has 72 heavy (non-hydrogen) atoms. The van der Waals surface area contributed by atoms with Gasteiger partial charge in [-0.15, -0.1) is 0 Å². The van der Waals surface area contributed by atoms with Gasteiger partial charge in [-0.05, 0) is 92.0 Å².